The largest absolute Gasteiger partial charge is 0.306 e. The fourth-order valence-electron chi connectivity index (χ4n) is 2.90. The highest BCUT2D eigenvalue weighted by atomic mass is 32.2. The Bertz CT molecular complexity index is 697. The minimum Gasteiger partial charge on any atom is -0.306 e. The van der Waals surface area contributed by atoms with E-state index in [0.29, 0.717) is 6.04 Å². The molecule has 3 nitrogen and oxygen atoms in total. The van der Waals surface area contributed by atoms with Crippen molar-refractivity contribution in [1.29, 1.82) is 0 Å². The molecule has 1 aromatic heterocycles. The Morgan fingerprint density at radius 3 is 2.62 bits per heavy atom. The van der Waals surface area contributed by atoms with Gasteiger partial charge >= 0.3 is 0 Å². The molecule has 2 aromatic rings. The molecular formula is C17H21F2N3S2. The van der Waals surface area contributed by atoms with Crippen LogP contribution in [-0.4, -0.2) is 38.8 Å². The number of benzene rings is 1. The van der Waals surface area contributed by atoms with Crippen molar-refractivity contribution in [2.75, 3.05) is 23.0 Å². The highest BCUT2D eigenvalue weighted by Gasteiger charge is 2.20. The lowest BCUT2D eigenvalue weighted by atomic mass is 10.1. The quantitative estimate of drug-likeness (QED) is 0.884. The Hall–Kier alpha value is -1.05. The molecule has 24 heavy (non-hydrogen) atoms. The van der Waals surface area contributed by atoms with Crippen molar-refractivity contribution in [3.8, 4) is 5.69 Å². The molecule has 1 atom stereocenters. The van der Waals surface area contributed by atoms with E-state index < -0.39 is 11.6 Å². The SMILES string of the molecule is Cc1c(C(C)NC2CSCCSC2)cnn1-c1ccc(F)cc1F. The van der Waals surface area contributed by atoms with E-state index in [4.69, 9.17) is 0 Å². The minimum absolute atomic E-state index is 0.131. The number of thioether (sulfide) groups is 2. The van der Waals surface area contributed by atoms with Gasteiger partial charge in [-0.1, -0.05) is 0 Å². The van der Waals surface area contributed by atoms with Crippen LogP contribution < -0.4 is 5.32 Å². The van der Waals surface area contributed by atoms with Gasteiger partial charge in [0, 0.05) is 52.4 Å². The molecule has 0 amide bonds. The molecule has 0 bridgehead atoms. The molecule has 2 heterocycles. The number of hydrogen-bond donors (Lipinski definition) is 1. The second-order valence-corrected chi connectivity index (χ2v) is 8.23. The summed E-state index contributed by atoms with van der Waals surface area (Å²) in [5, 5.41) is 7.97. The Balaban J connectivity index is 1.78. The van der Waals surface area contributed by atoms with Gasteiger partial charge in [0.15, 0.2) is 5.82 Å². The summed E-state index contributed by atoms with van der Waals surface area (Å²) in [4.78, 5) is 0. The van der Waals surface area contributed by atoms with E-state index in [9.17, 15) is 8.78 Å². The zero-order valence-electron chi connectivity index (χ0n) is 13.8. The predicted molar refractivity (Wildman–Crippen MR) is 98.2 cm³/mol. The van der Waals surface area contributed by atoms with Crippen LogP contribution in [0, 0.1) is 18.6 Å². The van der Waals surface area contributed by atoms with Gasteiger partial charge < -0.3 is 5.32 Å². The van der Waals surface area contributed by atoms with Gasteiger partial charge in [0.1, 0.15) is 11.5 Å². The van der Waals surface area contributed by atoms with Crippen LogP contribution >= 0.6 is 23.5 Å². The van der Waals surface area contributed by atoms with Gasteiger partial charge in [-0.15, -0.1) is 0 Å². The Morgan fingerprint density at radius 2 is 1.96 bits per heavy atom. The first kappa shape index (κ1) is 17.8. The first-order valence-corrected chi connectivity index (χ1v) is 10.3. The molecule has 130 valence electrons. The third-order valence-corrected chi connectivity index (χ3v) is 6.67. The van der Waals surface area contributed by atoms with Crippen LogP contribution in [0.15, 0.2) is 24.4 Å². The van der Waals surface area contributed by atoms with Crippen LogP contribution in [0.5, 0.6) is 0 Å². The maximum absolute atomic E-state index is 14.0. The summed E-state index contributed by atoms with van der Waals surface area (Å²) < 4.78 is 28.7. The highest BCUT2D eigenvalue weighted by Crippen LogP contribution is 2.24. The van der Waals surface area contributed by atoms with Gasteiger partial charge in [0.25, 0.3) is 0 Å². The molecule has 1 unspecified atom stereocenters. The van der Waals surface area contributed by atoms with E-state index in [2.05, 4.69) is 17.3 Å². The third-order valence-electron chi connectivity index (χ3n) is 4.15. The van der Waals surface area contributed by atoms with Crippen molar-refractivity contribution >= 4 is 23.5 Å². The minimum atomic E-state index is -0.607. The lowest BCUT2D eigenvalue weighted by molar-refractivity contribution is 0.514. The number of nitrogens with one attached hydrogen (secondary N) is 1. The Morgan fingerprint density at radius 1 is 1.25 bits per heavy atom. The van der Waals surface area contributed by atoms with Crippen molar-refractivity contribution in [3.05, 3.63) is 47.3 Å². The summed E-state index contributed by atoms with van der Waals surface area (Å²) in [7, 11) is 0. The molecule has 0 radical (unpaired) electrons. The van der Waals surface area contributed by atoms with E-state index in [-0.39, 0.29) is 11.7 Å². The number of nitrogens with zero attached hydrogens (tertiary/aromatic N) is 2. The van der Waals surface area contributed by atoms with Crippen LogP contribution in [0.3, 0.4) is 0 Å². The summed E-state index contributed by atoms with van der Waals surface area (Å²) in [6.45, 7) is 4.02. The van der Waals surface area contributed by atoms with Gasteiger partial charge in [-0.2, -0.15) is 28.6 Å². The summed E-state index contributed by atoms with van der Waals surface area (Å²) >= 11 is 3.96. The van der Waals surface area contributed by atoms with Crippen LogP contribution in [0.1, 0.15) is 24.2 Å². The second-order valence-electron chi connectivity index (χ2n) is 5.93. The van der Waals surface area contributed by atoms with Crippen molar-refractivity contribution in [2.45, 2.75) is 25.9 Å². The van der Waals surface area contributed by atoms with E-state index in [0.717, 1.165) is 28.8 Å². The average Bonchev–Trinajstić information content (AvgIpc) is 2.75. The summed E-state index contributed by atoms with van der Waals surface area (Å²) in [6, 6.07) is 4.15. The number of aromatic nitrogens is 2. The smallest absolute Gasteiger partial charge is 0.151 e. The van der Waals surface area contributed by atoms with Crippen molar-refractivity contribution < 1.29 is 8.78 Å². The van der Waals surface area contributed by atoms with E-state index in [1.54, 1.807) is 10.9 Å². The van der Waals surface area contributed by atoms with E-state index in [1.165, 1.54) is 23.6 Å². The van der Waals surface area contributed by atoms with Gasteiger partial charge in [-0.3, -0.25) is 0 Å². The lowest BCUT2D eigenvalue weighted by Crippen LogP contribution is -2.35. The maximum Gasteiger partial charge on any atom is 0.151 e. The van der Waals surface area contributed by atoms with Gasteiger partial charge in [-0.05, 0) is 26.0 Å². The fraction of sp³-hybridized carbons (Fsp3) is 0.471. The summed E-state index contributed by atoms with van der Waals surface area (Å²) in [6.07, 6.45) is 1.77. The first-order chi connectivity index (χ1) is 11.6. The molecule has 1 aliphatic rings. The molecule has 1 fully saturated rings. The molecular weight excluding hydrogens is 348 g/mol. The topological polar surface area (TPSA) is 29.9 Å². The maximum atomic E-state index is 14.0. The Labute approximate surface area is 149 Å². The summed E-state index contributed by atoms with van der Waals surface area (Å²) in [5.41, 5.74) is 2.18. The molecule has 7 heteroatoms. The van der Waals surface area contributed by atoms with Gasteiger partial charge in [0.05, 0.1) is 6.20 Å². The van der Waals surface area contributed by atoms with Crippen LogP contribution in [-0.2, 0) is 0 Å². The highest BCUT2D eigenvalue weighted by molar-refractivity contribution is 8.03. The predicted octanol–water partition coefficient (Wildman–Crippen LogP) is 3.96. The fourth-order valence-corrected chi connectivity index (χ4v) is 5.32. The van der Waals surface area contributed by atoms with Crippen molar-refractivity contribution in [3.63, 3.8) is 0 Å². The van der Waals surface area contributed by atoms with Crippen LogP contribution in [0.2, 0.25) is 0 Å². The van der Waals surface area contributed by atoms with Crippen molar-refractivity contribution in [2.24, 2.45) is 0 Å². The van der Waals surface area contributed by atoms with Crippen LogP contribution in [0.25, 0.3) is 5.69 Å². The zero-order valence-corrected chi connectivity index (χ0v) is 15.4. The standard InChI is InChI=1S/C17H21F2N3S2/c1-11(21-14-9-23-5-6-24-10-14)15-8-20-22(12(15)2)17-4-3-13(18)7-16(17)19/h3-4,7-8,11,14,21H,5-6,9-10H2,1-2H3. The molecule has 1 aliphatic heterocycles. The normalized spacial score (nSPS) is 17.7. The molecule has 0 aliphatic carbocycles. The van der Waals surface area contributed by atoms with E-state index in [1.807, 2.05) is 30.4 Å². The first-order valence-electron chi connectivity index (χ1n) is 7.97. The second kappa shape index (κ2) is 7.89. The molecule has 0 saturated carbocycles. The van der Waals surface area contributed by atoms with Gasteiger partial charge in [0.2, 0.25) is 0 Å². The molecule has 1 saturated heterocycles. The van der Waals surface area contributed by atoms with Gasteiger partial charge in [-0.25, -0.2) is 13.5 Å². The van der Waals surface area contributed by atoms with Crippen molar-refractivity contribution in [1.82, 2.24) is 15.1 Å². The molecule has 0 spiro atoms. The summed E-state index contributed by atoms with van der Waals surface area (Å²) in [5.74, 6) is 3.44. The average molecular weight is 370 g/mol. The third kappa shape index (κ3) is 3.95. The monoisotopic (exact) mass is 369 g/mol. The number of hydrogen-bond acceptors (Lipinski definition) is 4. The number of halogens is 2. The van der Waals surface area contributed by atoms with E-state index >= 15 is 0 Å². The number of rotatable bonds is 4. The lowest BCUT2D eigenvalue weighted by Gasteiger charge is -2.21. The zero-order chi connectivity index (χ0) is 17.1. The molecule has 1 N–H and O–H groups in total. The Kier molecular flexibility index (Phi) is 5.84. The molecule has 1 aromatic carbocycles. The van der Waals surface area contributed by atoms with Crippen LogP contribution in [0.4, 0.5) is 8.78 Å². The molecule has 3 rings (SSSR count).